The lowest BCUT2D eigenvalue weighted by Crippen LogP contribution is -2.27. The van der Waals surface area contributed by atoms with Gasteiger partial charge in [-0.15, -0.1) is 6.42 Å². The second kappa shape index (κ2) is 6.15. The first-order chi connectivity index (χ1) is 9.45. The fraction of sp³-hybridized carbons (Fsp3) is 0.429. The Morgan fingerprint density at radius 3 is 2.80 bits per heavy atom. The van der Waals surface area contributed by atoms with Gasteiger partial charge in [-0.25, -0.2) is 8.42 Å². The Labute approximate surface area is 125 Å². The molecule has 108 valence electrons. The minimum atomic E-state index is -3.65. The van der Waals surface area contributed by atoms with Gasteiger partial charge >= 0.3 is 0 Å². The minimum absolute atomic E-state index is 0.0171. The number of halogens is 1. The molecule has 0 amide bonds. The van der Waals surface area contributed by atoms with Gasteiger partial charge in [0.1, 0.15) is 4.90 Å². The van der Waals surface area contributed by atoms with Gasteiger partial charge in [0.25, 0.3) is 0 Å². The Balaban J connectivity index is 2.24. The number of terminal acetylenes is 1. The molecule has 1 saturated carbocycles. The highest BCUT2D eigenvalue weighted by Crippen LogP contribution is 2.26. The summed E-state index contributed by atoms with van der Waals surface area (Å²) in [5.74, 6) is 2.32. The Morgan fingerprint density at radius 2 is 2.20 bits per heavy atom. The average molecular weight is 313 g/mol. The van der Waals surface area contributed by atoms with E-state index in [9.17, 15) is 8.42 Å². The van der Waals surface area contributed by atoms with Crippen molar-refractivity contribution in [2.45, 2.75) is 30.3 Å². The summed E-state index contributed by atoms with van der Waals surface area (Å²) < 4.78 is 25.9. The van der Waals surface area contributed by atoms with E-state index in [2.05, 4.69) is 11.2 Å². The van der Waals surface area contributed by atoms with Crippen molar-refractivity contribution in [1.82, 2.24) is 9.62 Å². The fourth-order valence-electron chi connectivity index (χ4n) is 1.79. The number of benzene rings is 1. The molecule has 20 heavy (non-hydrogen) atoms. The molecule has 0 saturated heterocycles. The van der Waals surface area contributed by atoms with Crippen LogP contribution in [0.2, 0.25) is 5.02 Å². The monoisotopic (exact) mass is 312 g/mol. The van der Waals surface area contributed by atoms with Crippen molar-refractivity contribution in [3.63, 3.8) is 0 Å². The lowest BCUT2D eigenvalue weighted by molar-refractivity contribution is 0.503. The molecule has 1 aromatic rings. The zero-order valence-electron chi connectivity index (χ0n) is 11.3. The van der Waals surface area contributed by atoms with Gasteiger partial charge in [0.15, 0.2) is 0 Å². The van der Waals surface area contributed by atoms with Gasteiger partial charge < -0.3 is 5.32 Å². The minimum Gasteiger partial charge on any atom is -0.310 e. The maximum atomic E-state index is 12.4. The largest absolute Gasteiger partial charge is 0.310 e. The van der Waals surface area contributed by atoms with E-state index in [0.29, 0.717) is 12.6 Å². The smallest absolute Gasteiger partial charge is 0.245 e. The number of hydrogen-bond acceptors (Lipinski definition) is 3. The second-order valence-corrected chi connectivity index (χ2v) is 7.31. The Morgan fingerprint density at radius 1 is 1.50 bits per heavy atom. The van der Waals surface area contributed by atoms with Crippen LogP contribution in [0.15, 0.2) is 23.1 Å². The van der Waals surface area contributed by atoms with Crippen molar-refractivity contribution in [2.24, 2.45) is 0 Å². The van der Waals surface area contributed by atoms with Crippen LogP contribution in [0.5, 0.6) is 0 Å². The van der Waals surface area contributed by atoms with Crippen LogP contribution in [-0.2, 0) is 16.6 Å². The molecule has 4 nitrogen and oxygen atoms in total. The van der Waals surface area contributed by atoms with E-state index >= 15 is 0 Å². The molecular weight excluding hydrogens is 296 g/mol. The maximum Gasteiger partial charge on any atom is 0.245 e. The summed E-state index contributed by atoms with van der Waals surface area (Å²) in [5, 5.41) is 3.55. The molecule has 0 atom stereocenters. The molecule has 0 bridgehead atoms. The molecule has 0 heterocycles. The summed E-state index contributed by atoms with van der Waals surface area (Å²) in [6.45, 7) is 0.659. The first kappa shape index (κ1) is 15.3. The number of sulfonamides is 1. The normalized spacial score (nSPS) is 15.3. The highest BCUT2D eigenvalue weighted by atomic mass is 35.5. The maximum absolute atomic E-state index is 12.4. The third-order valence-corrected chi connectivity index (χ3v) is 5.45. The summed E-state index contributed by atoms with van der Waals surface area (Å²) in [4.78, 5) is 0.104. The third-order valence-electron chi connectivity index (χ3n) is 3.17. The van der Waals surface area contributed by atoms with Gasteiger partial charge in [0.2, 0.25) is 10.0 Å². The van der Waals surface area contributed by atoms with Gasteiger partial charge in [-0.2, -0.15) is 4.31 Å². The Bertz CT molecular complexity index is 633. The quantitative estimate of drug-likeness (QED) is 0.816. The SMILES string of the molecule is C#CCN(C)S(=O)(=O)c1cc(CNC2CC2)ccc1Cl. The number of nitrogens with zero attached hydrogens (tertiary/aromatic N) is 1. The van der Waals surface area contributed by atoms with E-state index in [0.717, 1.165) is 9.87 Å². The number of rotatable bonds is 6. The van der Waals surface area contributed by atoms with Crippen LogP contribution in [0, 0.1) is 12.3 Å². The van der Waals surface area contributed by atoms with Crippen LogP contribution in [-0.4, -0.2) is 32.4 Å². The predicted molar refractivity (Wildman–Crippen MR) is 80.0 cm³/mol. The lowest BCUT2D eigenvalue weighted by Gasteiger charge is -2.16. The van der Waals surface area contributed by atoms with Crippen LogP contribution < -0.4 is 5.32 Å². The summed E-state index contributed by atoms with van der Waals surface area (Å²) >= 11 is 6.02. The highest BCUT2D eigenvalue weighted by molar-refractivity contribution is 7.89. The molecule has 0 unspecified atom stereocenters. The Hall–Kier alpha value is -1.06. The van der Waals surface area contributed by atoms with Gasteiger partial charge in [-0.3, -0.25) is 0 Å². The van der Waals surface area contributed by atoms with Crippen molar-refractivity contribution in [2.75, 3.05) is 13.6 Å². The molecule has 1 aromatic carbocycles. The summed E-state index contributed by atoms with van der Waals surface area (Å²) in [7, 11) is -2.20. The van der Waals surface area contributed by atoms with Crippen molar-refractivity contribution in [3.8, 4) is 12.3 Å². The first-order valence-corrected chi connectivity index (χ1v) is 8.18. The zero-order valence-corrected chi connectivity index (χ0v) is 12.8. The molecule has 2 rings (SSSR count). The van der Waals surface area contributed by atoms with E-state index in [1.165, 1.54) is 19.9 Å². The van der Waals surface area contributed by atoms with Crippen LogP contribution in [0.3, 0.4) is 0 Å². The zero-order chi connectivity index (χ0) is 14.8. The topological polar surface area (TPSA) is 49.4 Å². The molecule has 6 heteroatoms. The first-order valence-electron chi connectivity index (χ1n) is 6.36. The highest BCUT2D eigenvalue weighted by Gasteiger charge is 2.24. The van der Waals surface area contributed by atoms with Gasteiger partial charge in [0.05, 0.1) is 11.6 Å². The molecule has 1 N–H and O–H groups in total. The molecule has 0 spiro atoms. The summed E-state index contributed by atoms with van der Waals surface area (Å²) in [6, 6.07) is 5.62. The van der Waals surface area contributed by atoms with E-state index in [-0.39, 0.29) is 16.5 Å². The predicted octanol–water partition coefficient (Wildman–Crippen LogP) is 1.85. The van der Waals surface area contributed by atoms with Gasteiger partial charge in [-0.1, -0.05) is 23.6 Å². The summed E-state index contributed by atoms with van der Waals surface area (Å²) in [5.41, 5.74) is 0.897. The van der Waals surface area contributed by atoms with Crippen molar-refractivity contribution in [1.29, 1.82) is 0 Å². The molecule has 1 fully saturated rings. The van der Waals surface area contributed by atoms with Crippen LogP contribution >= 0.6 is 11.6 Å². The molecule has 0 radical (unpaired) electrons. The molecule has 1 aliphatic carbocycles. The number of nitrogens with one attached hydrogen (secondary N) is 1. The van der Waals surface area contributed by atoms with E-state index < -0.39 is 10.0 Å². The molecular formula is C14H17ClN2O2S. The van der Waals surface area contributed by atoms with E-state index in [1.54, 1.807) is 12.1 Å². The molecule has 0 aliphatic heterocycles. The van der Waals surface area contributed by atoms with Crippen LogP contribution in [0.25, 0.3) is 0 Å². The van der Waals surface area contributed by atoms with Crippen molar-refractivity contribution >= 4 is 21.6 Å². The lowest BCUT2D eigenvalue weighted by atomic mass is 10.2. The Kier molecular flexibility index (Phi) is 4.71. The number of hydrogen-bond donors (Lipinski definition) is 1. The van der Waals surface area contributed by atoms with Gasteiger partial charge in [0, 0.05) is 19.6 Å². The van der Waals surface area contributed by atoms with Crippen molar-refractivity contribution in [3.05, 3.63) is 28.8 Å². The van der Waals surface area contributed by atoms with Crippen molar-refractivity contribution < 1.29 is 8.42 Å². The molecule has 0 aromatic heterocycles. The fourth-order valence-corrected chi connectivity index (χ4v) is 3.39. The average Bonchev–Trinajstić information content (AvgIpc) is 3.22. The standard InChI is InChI=1S/C14H17ClN2O2S/c1-3-8-17(2)20(18,19)14-9-11(4-7-13(14)15)10-16-12-5-6-12/h1,4,7,9,12,16H,5-6,8,10H2,2H3. The van der Waals surface area contributed by atoms with Crippen LogP contribution in [0.4, 0.5) is 0 Å². The second-order valence-electron chi connectivity index (χ2n) is 4.89. The van der Waals surface area contributed by atoms with Gasteiger partial charge in [-0.05, 0) is 30.5 Å². The van der Waals surface area contributed by atoms with E-state index in [4.69, 9.17) is 18.0 Å². The third kappa shape index (κ3) is 3.53. The summed E-state index contributed by atoms with van der Waals surface area (Å²) in [6.07, 6.45) is 7.53. The van der Waals surface area contributed by atoms with E-state index in [1.807, 2.05) is 6.07 Å². The molecule has 1 aliphatic rings. The van der Waals surface area contributed by atoms with Crippen LogP contribution in [0.1, 0.15) is 18.4 Å².